The Morgan fingerprint density at radius 2 is 1.74 bits per heavy atom. The highest BCUT2D eigenvalue weighted by atomic mass is 35.5. The zero-order valence-electron chi connectivity index (χ0n) is 21.0. The fourth-order valence-electron chi connectivity index (χ4n) is 4.34. The molecule has 8 nitrogen and oxygen atoms in total. The number of H-pyrrole nitrogens is 1. The van der Waals surface area contributed by atoms with Crippen LogP contribution in [-0.2, 0) is 17.5 Å². The van der Waals surface area contributed by atoms with Crippen LogP contribution in [0.3, 0.4) is 0 Å². The second-order valence-corrected chi connectivity index (χ2v) is 10.4. The average molecular weight is 573 g/mol. The summed E-state index contributed by atoms with van der Waals surface area (Å²) in [4.78, 5) is 47.2. The first-order chi connectivity index (χ1) is 18.0. The van der Waals surface area contributed by atoms with Crippen molar-refractivity contribution in [2.45, 2.75) is 45.1 Å². The number of rotatable bonds is 2. The molecule has 208 valence electrons. The summed E-state index contributed by atoms with van der Waals surface area (Å²) in [6.07, 6.45) is -4.90. The minimum atomic E-state index is -4.84. The second kappa shape index (κ2) is 9.78. The maximum atomic E-state index is 14.3. The fraction of sp³-hybridized carbons (Fsp3) is 0.360. The van der Waals surface area contributed by atoms with Gasteiger partial charge in [-0.1, -0.05) is 11.6 Å². The van der Waals surface area contributed by atoms with Gasteiger partial charge in [0.1, 0.15) is 5.60 Å². The molecule has 0 aliphatic carbocycles. The molecule has 3 aromatic rings. The number of fused-ring (bicyclic) bond motifs is 3. The van der Waals surface area contributed by atoms with E-state index in [-0.39, 0.29) is 40.7 Å². The van der Waals surface area contributed by atoms with E-state index >= 15 is 0 Å². The molecule has 1 unspecified atom stereocenters. The SMILES string of the molecule is CN(C(=O)c1cnc(C(F)(F)F)c(Cl)c1)C1CN(C(=O)OC(C)(C)C)Cc2[nH]c(=O)c3cc(F)c(F)cc3c21. The average Bonchev–Trinajstić information content (AvgIpc) is 2.81. The lowest BCUT2D eigenvalue weighted by molar-refractivity contribution is -0.141. The summed E-state index contributed by atoms with van der Waals surface area (Å²) >= 11 is 5.74. The van der Waals surface area contributed by atoms with Gasteiger partial charge < -0.3 is 14.6 Å². The highest BCUT2D eigenvalue weighted by molar-refractivity contribution is 6.31. The molecule has 1 N–H and O–H groups in total. The normalized spacial score (nSPS) is 15.7. The number of amides is 2. The molecule has 14 heteroatoms. The molecule has 0 saturated heterocycles. The summed E-state index contributed by atoms with van der Waals surface area (Å²) < 4.78 is 73.0. The summed E-state index contributed by atoms with van der Waals surface area (Å²) in [5.74, 6) is -3.33. The largest absolute Gasteiger partial charge is 0.444 e. The van der Waals surface area contributed by atoms with E-state index < -0.39 is 57.7 Å². The fourth-order valence-corrected chi connectivity index (χ4v) is 4.62. The number of hydrogen-bond donors (Lipinski definition) is 1. The van der Waals surface area contributed by atoms with Gasteiger partial charge in [-0.3, -0.25) is 14.5 Å². The third-order valence-corrected chi connectivity index (χ3v) is 6.34. The highest BCUT2D eigenvalue weighted by Crippen LogP contribution is 2.37. The van der Waals surface area contributed by atoms with Crippen LogP contribution in [0.5, 0.6) is 0 Å². The molecule has 1 atom stereocenters. The number of halogens is 6. The van der Waals surface area contributed by atoms with Gasteiger partial charge in [-0.15, -0.1) is 0 Å². The quantitative estimate of drug-likeness (QED) is 0.413. The van der Waals surface area contributed by atoms with Gasteiger partial charge in [0.2, 0.25) is 0 Å². The Morgan fingerprint density at radius 3 is 2.31 bits per heavy atom. The molecule has 1 aliphatic rings. The molecular formula is C25H22ClF5N4O4. The Kier molecular flexibility index (Phi) is 7.09. The van der Waals surface area contributed by atoms with Gasteiger partial charge in [-0.25, -0.2) is 18.6 Å². The Hall–Kier alpha value is -3.74. The number of nitrogens with zero attached hydrogens (tertiary/aromatic N) is 3. The van der Waals surface area contributed by atoms with Gasteiger partial charge >= 0.3 is 12.3 Å². The number of benzene rings is 1. The number of aromatic nitrogens is 2. The van der Waals surface area contributed by atoms with E-state index in [1.807, 2.05) is 0 Å². The van der Waals surface area contributed by atoms with Crippen molar-refractivity contribution in [1.29, 1.82) is 0 Å². The van der Waals surface area contributed by atoms with E-state index in [0.717, 1.165) is 23.1 Å². The monoisotopic (exact) mass is 572 g/mol. The van der Waals surface area contributed by atoms with Crippen molar-refractivity contribution < 1.29 is 36.3 Å². The summed E-state index contributed by atoms with van der Waals surface area (Å²) in [5.41, 5.74) is -2.93. The van der Waals surface area contributed by atoms with Crippen molar-refractivity contribution in [2.24, 2.45) is 0 Å². The van der Waals surface area contributed by atoms with E-state index in [1.165, 1.54) is 11.9 Å². The lowest BCUT2D eigenvalue weighted by Gasteiger charge is -2.39. The maximum absolute atomic E-state index is 14.3. The van der Waals surface area contributed by atoms with Gasteiger partial charge in [0.15, 0.2) is 17.3 Å². The molecule has 3 heterocycles. The standard InChI is InChI=1S/C25H22ClF5N4O4/c1-24(2,3)39-23(38)35-9-17-19(12-6-15(27)16(28)7-13(12)21(36)33-17)18(10-35)34(4)22(37)11-5-14(26)20(32-8-11)25(29,30)31/h5-8,18H,9-10H2,1-4H3,(H,33,36). The Bertz CT molecular complexity index is 1550. The first-order valence-electron chi connectivity index (χ1n) is 11.5. The number of ether oxygens (including phenoxy) is 1. The number of likely N-dealkylation sites (N-methyl/N-ethyl adjacent to an activating group) is 1. The third kappa shape index (κ3) is 5.54. The lowest BCUT2D eigenvalue weighted by Crippen LogP contribution is -2.47. The van der Waals surface area contributed by atoms with Crippen molar-refractivity contribution in [2.75, 3.05) is 13.6 Å². The molecule has 2 amide bonds. The topological polar surface area (TPSA) is 95.6 Å². The number of hydrogen-bond acceptors (Lipinski definition) is 5. The summed E-state index contributed by atoms with van der Waals surface area (Å²) in [6.45, 7) is 4.55. The van der Waals surface area contributed by atoms with Crippen LogP contribution in [0.15, 0.2) is 29.2 Å². The molecule has 0 radical (unpaired) electrons. The van der Waals surface area contributed by atoms with Gasteiger partial charge in [-0.2, -0.15) is 13.2 Å². The predicted molar refractivity (Wildman–Crippen MR) is 130 cm³/mol. The van der Waals surface area contributed by atoms with Crippen LogP contribution in [0.25, 0.3) is 10.8 Å². The van der Waals surface area contributed by atoms with Crippen molar-refractivity contribution >= 4 is 34.4 Å². The van der Waals surface area contributed by atoms with Gasteiger partial charge in [0, 0.05) is 31.0 Å². The van der Waals surface area contributed by atoms with Crippen LogP contribution < -0.4 is 5.56 Å². The zero-order valence-corrected chi connectivity index (χ0v) is 21.8. The number of nitrogens with one attached hydrogen (secondary N) is 1. The van der Waals surface area contributed by atoms with Crippen molar-refractivity contribution in [1.82, 2.24) is 19.8 Å². The minimum Gasteiger partial charge on any atom is -0.444 e. The van der Waals surface area contributed by atoms with Gasteiger partial charge in [-0.05, 0) is 44.4 Å². The summed E-state index contributed by atoms with van der Waals surface area (Å²) in [7, 11) is 1.30. The molecule has 4 rings (SSSR count). The second-order valence-electron chi connectivity index (χ2n) is 10.0. The van der Waals surface area contributed by atoms with Crippen LogP contribution in [-0.4, -0.2) is 51.0 Å². The van der Waals surface area contributed by atoms with Gasteiger partial charge in [0.25, 0.3) is 11.5 Å². The lowest BCUT2D eigenvalue weighted by atomic mass is 9.92. The molecule has 0 bridgehead atoms. The first kappa shape index (κ1) is 28.3. The number of pyridine rings is 2. The number of aromatic amines is 1. The maximum Gasteiger partial charge on any atom is 0.434 e. The summed E-state index contributed by atoms with van der Waals surface area (Å²) in [6, 6.07) is 1.29. The highest BCUT2D eigenvalue weighted by Gasteiger charge is 2.39. The molecule has 0 fully saturated rings. The molecule has 1 aromatic carbocycles. The van der Waals surface area contributed by atoms with E-state index in [9.17, 15) is 36.3 Å². The van der Waals surface area contributed by atoms with Crippen molar-refractivity contribution in [3.63, 3.8) is 0 Å². The molecule has 0 saturated carbocycles. The Labute approximate surface area is 223 Å². The van der Waals surface area contributed by atoms with E-state index in [2.05, 4.69) is 9.97 Å². The van der Waals surface area contributed by atoms with Crippen molar-refractivity contribution in [3.05, 3.63) is 73.9 Å². The molecular weight excluding hydrogens is 551 g/mol. The van der Waals surface area contributed by atoms with Crippen LogP contribution >= 0.6 is 11.6 Å². The first-order valence-corrected chi connectivity index (χ1v) is 11.9. The Morgan fingerprint density at radius 1 is 1.13 bits per heavy atom. The zero-order chi connectivity index (χ0) is 29.0. The number of carbonyl (C=O) groups excluding carboxylic acids is 2. The van der Waals surface area contributed by atoms with E-state index in [0.29, 0.717) is 6.20 Å². The van der Waals surface area contributed by atoms with Crippen molar-refractivity contribution in [3.8, 4) is 0 Å². The van der Waals surface area contributed by atoms with Crippen LogP contribution in [0.4, 0.5) is 26.7 Å². The van der Waals surface area contributed by atoms with E-state index in [1.54, 1.807) is 20.8 Å². The predicted octanol–water partition coefficient (Wildman–Crippen LogP) is 5.44. The van der Waals surface area contributed by atoms with Crippen LogP contribution in [0, 0.1) is 11.6 Å². The minimum absolute atomic E-state index is 0.00437. The smallest absolute Gasteiger partial charge is 0.434 e. The Balaban J connectivity index is 1.84. The molecule has 39 heavy (non-hydrogen) atoms. The summed E-state index contributed by atoms with van der Waals surface area (Å²) in [5, 5.41) is -0.985. The van der Waals surface area contributed by atoms with E-state index in [4.69, 9.17) is 16.3 Å². The number of carbonyl (C=O) groups is 2. The molecule has 2 aromatic heterocycles. The third-order valence-electron chi connectivity index (χ3n) is 6.06. The molecule has 1 aliphatic heterocycles. The molecule has 0 spiro atoms. The van der Waals surface area contributed by atoms with Crippen LogP contribution in [0.2, 0.25) is 5.02 Å². The van der Waals surface area contributed by atoms with Gasteiger partial charge in [0.05, 0.1) is 28.6 Å². The number of alkyl halides is 3. The van der Waals surface area contributed by atoms with Crippen LogP contribution in [0.1, 0.15) is 54.1 Å².